The summed E-state index contributed by atoms with van der Waals surface area (Å²) in [7, 11) is 0. The Labute approximate surface area is 174 Å². The van der Waals surface area contributed by atoms with Gasteiger partial charge in [-0.1, -0.05) is 11.6 Å². The van der Waals surface area contributed by atoms with E-state index < -0.39 is 18.5 Å². The zero-order chi connectivity index (χ0) is 21.2. The summed E-state index contributed by atoms with van der Waals surface area (Å²) in [5, 5.41) is 3.18. The molecule has 0 saturated carbocycles. The van der Waals surface area contributed by atoms with Crippen LogP contribution in [0.2, 0.25) is 5.02 Å². The van der Waals surface area contributed by atoms with Crippen LogP contribution in [0.3, 0.4) is 0 Å². The number of anilines is 1. The number of halogens is 1. The number of rotatable bonds is 10. The fraction of sp³-hybridized carbons (Fsp3) is 0.333. The molecule has 1 N–H and O–H groups in total. The highest BCUT2D eigenvalue weighted by atomic mass is 35.5. The van der Waals surface area contributed by atoms with Crippen LogP contribution in [0.5, 0.6) is 17.2 Å². The first kappa shape index (κ1) is 22.4. The van der Waals surface area contributed by atoms with Crippen LogP contribution < -0.4 is 19.5 Å². The standard InChI is InChI=1S/C21H24ClNO6/c1-4-26-17-11-14(12-18(27-5-2)20(17)28-6-3)21(25)29-13-19(24)23-16-9-7-15(22)8-10-16/h7-12H,4-6,13H2,1-3H3,(H,23,24). The van der Waals surface area contributed by atoms with E-state index in [1.807, 2.05) is 20.8 Å². The van der Waals surface area contributed by atoms with Gasteiger partial charge < -0.3 is 24.3 Å². The minimum absolute atomic E-state index is 0.194. The molecule has 0 atom stereocenters. The van der Waals surface area contributed by atoms with E-state index in [0.29, 0.717) is 47.8 Å². The Bertz CT molecular complexity index is 811. The number of ether oxygens (including phenoxy) is 4. The smallest absolute Gasteiger partial charge is 0.338 e. The Kier molecular flexibility index (Phi) is 8.61. The summed E-state index contributed by atoms with van der Waals surface area (Å²) in [6.07, 6.45) is 0. The van der Waals surface area contributed by atoms with Crippen molar-refractivity contribution in [3.05, 3.63) is 47.0 Å². The summed E-state index contributed by atoms with van der Waals surface area (Å²) in [6.45, 7) is 6.22. The first-order valence-corrected chi connectivity index (χ1v) is 9.65. The van der Waals surface area contributed by atoms with Gasteiger partial charge in [0.05, 0.1) is 25.4 Å². The summed E-state index contributed by atoms with van der Waals surface area (Å²) >= 11 is 5.81. The highest BCUT2D eigenvalue weighted by Gasteiger charge is 2.19. The molecule has 156 valence electrons. The van der Waals surface area contributed by atoms with Crippen molar-refractivity contribution in [1.82, 2.24) is 0 Å². The summed E-state index contributed by atoms with van der Waals surface area (Å²) in [4.78, 5) is 24.5. The van der Waals surface area contributed by atoms with Gasteiger partial charge in [0.15, 0.2) is 18.1 Å². The molecule has 0 aliphatic carbocycles. The van der Waals surface area contributed by atoms with Crippen molar-refractivity contribution in [2.24, 2.45) is 0 Å². The van der Waals surface area contributed by atoms with E-state index in [1.165, 1.54) is 12.1 Å². The van der Waals surface area contributed by atoms with Crippen LogP contribution in [0.1, 0.15) is 31.1 Å². The van der Waals surface area contributed by atoms with Gasteiger partial charge in [-0.05, 0) is 57.2 Å². The molecule has 0 radical (unpaired) electrons. The summed E-state index contributed by atoms with van der Waals surface area (Å²) in [6, 6.07) is 9.61. The predicted octanol–water partition coefficient (Wildman–Crippen LogP) is 4.33. The van der Waals surface area contributed by atoms with Crippen LogP contribution in [-0.2, 0) is 9.53 Å². The lowest BCUT2D eigenvalue weighted by Gasteiger charge is -2.16. The molecule has 2 rings (SSSR count). The van der Waals surface area contributed by atoms with E-state index in [0.717, 1.165) is 0 Å². The largest absolute Gasteiger partial charge is 0.490 e. The van der Waals surface area contributed by atoms with Crippen molar-refractivity contribution in [2.45, 2.75) is 20.8 Å². The number of amides is 1. The topological polar surface area (TPSA) is 83.1 Å². The van der Waals surface area contributed by atoms with Crippen molar-refractivity contribution in [1.29, 1.82) is 0 Å². The van der Waals surface area contributed by atoms with Crippen LogP contribution in [0.15, 0.2) is 36.4 Å². The normalized spacial score (nSPS) is 10.2. The molecule has 7 nitrogen and oxygen atoms in total. The van der Waals surface area contributed by atoms with Gasteiger partial charge in [-0.15, -0.1) is 0 Å². The van der Waals surface area contributed by atoms with Gasteiger partial charge in [0, 0.05) is 10.7 Å². The van der Waals surface area contributed by atoms with Crippen molar-refractivity contribution >= 4 is 29.2 Å². The Hall–Kier alpha value is -2.93. The average Bonchev–Trinajstić information content (AvgIpc) is 2.70. The van der Waals surface area contributed by atoms with E-state index in [1.54, 1.807) is 24.3 Å². The molecule has 0 spiro atoms. The lowest BCUT2D eigenvalue weighted by molar-refractivity contribution is -0.119. The van der Waals surface area contributed by atoms with Crippen LogP contribution in [0.4, 0.5) is 5.69 Å². The van der Waals surface area contributed by atoms with Gasteiger partial charge in [-0.25, -0.2) is 4.79 Å². The van der Waals surface area contributed by atoms with Crippen molar-refractivity contribution < 1.29 is 28.5 Å². The molecule has 2 aromatic rings. The van der Waals surface area contributed by atoms with E-state index in [2.05, 4.69) is 5.32 Å². The third-order valence-corrected chi connectivity index (χ3v) is 3.86. The Morgan fingerprint density at radius 1 is 0.897 bits per heavy atom. The predicted molar refractivity (Wildman–Crippen MR) is 110 cm³/mol. The fourth-order valence-corrected chi connectivity index (χ4v) is 2.58. The van der Waals surface area contributed by atoms with Gasteiger partial charge in [0.1, 0.15) is 0 Å². The molecule has 0 saturated heterocycles. The Morgan fingerprint density at radius 3 is 1.97 bits per heavy atom. The van der Waals surface area contributed by atoms with Gasteiger partial charge >= 0.3 is 5.97 Å². The maximum atomic E-state index is 12.5. The van der Waals surface area contributed by atoms with Gasteiger partial charge in [-0.3, -0.25) is 4.79 Å². The third kappa shape index (κ3) is 6.57. The first-order valence-electron chi connectivity index (χ1n) is 9.27. The number of hydrogen-bond donors (Lipinski definition) is 1. The third-order valence-electron chi connectivity index (χ3n) is 3.61. The second kappa shape index (κ2) is 11.2. The Morgan fingerprint density at radius 2 is 1.45 bits per heavy atom. The van der Waals surface area contributed by atoms with E-state index >= 15 is 0 Å². The van der Waals surface area contributed by atoms with E-state index in [4.69, 9.17) is 30.5 Å². The summed E-state index contributed by atoms with van der Waals surface area (Å²) in [5.74, 6) is 0.0202. The highest BCUT2D eigenvalue weighted by molar-refractivity contribution is 6.30. The molecule has 0 fully saturated rings. The zero-order valence-corrected chi connectivity index (χ0v) is 17.4. The molecule has 29 heavy (non-hydrogen) atoms. The molecule has 0 bridgehead atoms. The van der Waals surface area contributed by atoms with Crippen LogP contribution >= 0.6 is 11.6 Å². The summed E-state index contributed by atoms with van der Waals surface area (Å²) in [5.41, 5.74) is 0.744. The second-order valence-corrected chi connectivity index (χ2v) is 6.17. The molecule has 0 unspecified atom stereocenters. The lowest BCUT2D eigenvalue weighted by atomic mass is 10.2. The lowest BCUT2D eigenvalue weighted by Crippen LogP contribution is -2.21. The molecule has 0 aliphatic heterocycles. The maximum absolute atomic E-state index is 12.5. The number of benzene rings is 2. The molecular formula is C21H24ClNO6. The molecule has 2 aromatic carbocycles. The molecule has 0 aliphatic rings. The Balaban J connectivity index is 2.10. The number of hydrogen-bond acceptors (Lipinski definition) is 6. The average molecular weight is 422 g/mol. The van der Waals surface area contributed by atoms with Crippen molar-refractivity contribution in [3.8, 4) is 17.2 Å². The fourth-order valence-electron chi connectivity index (χ4n) is 2.45. The van der Waals surface area contributed by atoms with Gasteiger partial charge in [0.2, 0.25) is 5.75 Å². The monoisotopic (exact) mass is 421 g/mol. The van der Waals surface area contributed by atoms with Crippen LogP contribution in [0.25, 0.3) is 0 Å². The first-order chi connectivity index (χ1) is 14.0. The molecular weight excluding hydrogens is 398 g/mol. The highest BCUT2D eigenvalue weighted by Crippen LogP contribution is 2.39. The van der Waals surface area contributed by atoms with Gasteiger partial charge in [0.25, 0.3) is 5.91 Å². The zero-order valence-electron chi connectivity index (χ0n) is 16.6. The second-order valence-electron chi connectivity index (χ2n) is 5.73. The van der Waals surface area contributed by atoms with E-state index in [-0.39, 0.29) is 5.56 Å². The van der Waals surface area contributed by atoms with Crippen LogP contribution in [-0.4, -0.2) is 38.3 Å². The number of carbonyl (C=O) groups excluding carboxylic acids is 2. The number of carbonyl (C=O) groups is 2. The maximum Gasteiger partial charge on any atom is 0.338 e. The van der Waals surface area contributed by atoms with Gasteiger partial charge in [-0.2, -0.15) is 0 Å². The number of nitrogens with one attached hydrogen (secondary N) is 1. The van der Waals surface area contributed by atoms with Crippen molar-refractivity contribution in [3.63, 3.8) is 0 Å². The number of esters is 1. The quantitative estimate of drug-likeness (QED) is 0.575. The minimum Gasteiger partial charge on any atom is -0.490 e. The molecule has 8 heteroatoms. The molecule has 0 aromatic heterocycles. The van der Waals surface area contributed by atoms with Crippen LogP contribution in [0, 0.1) is 0 Å². The van der Waals surface area contributed by atoms with Crippen molar-refractivity contribution in [2.75, 3.05) is 31.7 Å². The summed E-state index contributed by atoms with van der Waals surface area (Å²) < 4.78 is 21.9. The SMILES string of the molecule is CCOc1cc(C(=O)OCC(=O)Nc2ccc(Cl)cc2)cc(OCC)c1OCC. The molecule has 0 heterocycles. The molecule has 1 amide bonds. The van der Waals surface area contributed by atoms with E-state index in [9.17, 15) is 9.59 Å². The minimum atomic E-state index is -0.679.